The van der Waals surface area contributed by atoms with Crippen molar-refractivity contribution < 1.29 is 23.1 Å². The average Bonchev–Trinajstić information content (AvgIpc) is 2.82. The molecule has 0 aliphatic carbocycles. The topological polar surface area (TPSA) is 106 Å². The summed E-state index contributed by atoms with van der Waals surface area (Å²) in [7, 11) is -2.30. The van der Waals surface area contributed by atoms with Crippen LogP contribution >= 0.6 is 11.3 Å². The number of rotatable bonds is 6. The Bertz CT molecular complexity index is 612. The third-order valence-electron chi connectivity index (χ3n) is 2.06. The number of nitrogens with one attached hydrogen (secondary N) is 1. The van der Waals surface area contributed by atoms with Crippen LogP contribution in [0.15, 0.2) is 6.20 Å². The Morgan fingerprint density at radius 1 is 1.60 bits per heavy atom. The lowest BCUT2D eigenvalue weighted by molar-refractivity contribution is -0.140. The highest BCUT2D eigenvalue weighted by atomic mass is 32.2. The minimum atomic E-state index is -3.55. The molecule has 0 saturated heterocycles. The van der Waals surface area contributed by atoms with E-state index in [0.717, 1.165) is 11.3 Å². The molecule has 1 rings (SSSR count). The molecule has 0 aromatic carbocycles. The van der Waals surface area contributed by atoms with Crippen molar-refractivity contribution in [3.63, 3.8) is 0 Å². The highest BCUT2D eigenvalue weighted by molar-refractivity contribution is 7.92. The van der Waals surface area contributed by atoms with Crippen LogP contribution in [-0.2, 0) is 19.6 Å². The summed E-state index contributed by atoms with van der Waals surface area (Å²) >= 11 is 1.07. The third-order valence-corrected chi connectivity index (χ3v) is 4.35. The number of ether oxygens (including phenoxy) is 1. The number of hydrogen-bond acceptors (Lipinski definition) is 7. The summed E-state index contributed by atoms with van der Waals surface area (Å²) < 4.78 is 30.2. The van der Waals surface area contributed by atoms with Crippen molar-refractivity contribution in [2.45, 2.75) is 12.8 Å². The zero-order valence-corrected chi connectivity index (χ0v) is 12.4. The van der Waals surface area contributed by atoms with Crippen molar-refractivity contribution in [1.82, 2.24) is 4.98 Å². The molecule has 0 amide bonds. The normalized spacial score (nSPS) is 10.5. The summed E-state index contributed by atoms with van der Waals surface area (Å²) in [6.07, 6.45) is 1.63. The number of aromatic nitrogens is 1. The van der Waals surface area contributed by atoms with Crippen molar-refractivity contribution in [2.75, 3.05) is 24.2 Å². The molecule has 0 aliphatic heterocycles. The molecule has 0 radical (unpaired) electrons. The zero-order chi connectivity index (χ0) is 15.0. The quantitative estimate of drug-likeness (QED) is 0.572. The highest BCUT2D eigenvalue weighted by Crippen LogP contribution is 2.18. The van der Waals surface area contributed by atoms with Gasteiger partial charge in [-0.15, -0.1) is 0 Å². The van der Waals surface area contributed by atoms with E-state index in [4.69, 9.17) is 5.11 Å². The number of methoxy groups -OCH3 is 1. The van der Waals surface area contributed by atoms with Crippen molar-refractivity contribution in [3.05, 3.63) is 11.1 Å². The summed E-state index contributed by atoms with van der Waals surface area (Å²) in [5.41, 5.74) is 0. The second-order valence-electron chi connectivity index (χ2n) is 3.59. The van der Waals surface area contributed by atoms with E-state index in [-0.39, 0.29) is 30.3 Å². The molecule has 0 spiro atoms. The van der Waals surface area contributed by atoms with Gasteiger partial charge < -0.3 is 9.84 Å². The number of anilines is 1. The Morgan fingerprint density at radius 3 is 3.00 bits per heavy atom. The van der Waals surface area contributed by atoms with Crippen molar-refractivity contribution in [1.29, 1.82) is 0 Å². The second-order valence-corrected chi connectivity index (χ2v) is 6.46. The summed E-state index contributed by atoms with van der Waals surface area (Å²) in [6.45, 7) is -0.271. The van der Waals surface area contributed by atoms with Gasteiger partial charge in [0.1, 0.15) is 6.61 Å². The van der Waals surface area contributed by atoms with Crippen LogP contribution < -0.4 is 4.72 Å². The maximum Gasteiger partial charge on any atom is 0.305 e. The molecule has 1 aromatic rings. The van der Waals surface area contributed by atoms with E-state index in [2.05, 4.69) is 26.3 Å². The number of nitrogens with zero attached hydrogens (tertiary/aromatic N) is 1. The predicted molar refractivity (Wildman–Crippen MR) is 74.7 cm³/mol. The van der Waals surface area contributed by atoms with Gasteiger partial charge in [0, 0.05) is 6.42 Å². The van der Waals surface area contributed by atoms with Gasteiger partial charge in [-0.3, -0.25) is 9.52 Å². The molecule has 0 fully saturated rings. The van der Waals surface area contributed by atoms with Crippen LogP contribution in [0.3, 0.4) is 0 Å². The fourth-order valence-corrected chi connectivity index (χ4v) is 3.23. The molecule has 2 N–H and O–H groups in total. The molecule has 1 heterocycles. The van der Waals surface area contributed by atoms with E-state index in [1.807, 2.05) is 0 Å². The second kappa shape index (κ2) is 7.84. The molecule has 110 valence electrons. The molecule has 0 bridgehead atoms. The standard InChI is InChI=1S/C11H14N2O5S2/c1-18-10(15)5-3-7-20(16,17)13-11-12-8-9(19-11)4-2-6-14/h8,14H,3,5-7H2,1H3,(H,12,13). The first kappa shape index (κ1) is 16.4. The number of carbonyl (C=O) groups is 1. The van der Waals surface area contributed by atoms with E-state index in [1.54, 1.807) is 0 Å². The Balaban J connectivity index is 2.53. The molecule has 20 heavy (non-hydrogen) atoms. The number of hydrogen-bond donors (Lipinski definition) is 2. The minimum Gasteiger partial charge on any atom is -0.469 e. The number of aliphatic hydroxyl groups is 1. The average molecular weight is 318 g/mol. The van der Waals surface area contributed by atoms with Crippen molar-refractivity contribution >= 4 is 32.5 Å². The lowest BCUT2D eigenvalue weighted by atomic mass is 10.3. The molecular weight excluding hydrogens is 304 g/mol. The first-order valence-corrected chi connectivity index (χ1v) is 8.06. The molecule has 0 saturated carbocycles. The van der Waals surface area contributed by atoms with Gasteiger partial charge in [-0.1, -0.05) is 23.2 Å². The molecule has 1 aromatic heterocycles. The number of aliphatic hydroxyl groups excluding tert-OH is 1. The molecule has 0 aliphatic rings. The van der Waals surface area contributed by atoms with Crippen LogP contribution in [-0.4, -0.2) is 43.9 Å². The SMILES string of the molecule is COC(=O)CCCS(=O)(=O)Nc1ncc(C#CCO)s1. The van der Waals surface area contributed by atoms with Gasteiger partial charge in [-0.2, -0.15) is 0 Å². The van der Waals surface area contributed by atoms with Crippen LogP contribution in [0.25, 0.3) is 0 Å². The largest absolute Gasteiger partial charge is 0.469 e. The van der Waals surface area contributed by atoms with Gasteiger partial charge in [-0.25, -0.2) is 13.4 Å². The van der Waals surface area contributed by atoms with Crippen LogP contribution in [0.1, 0.15) is 17.7 Å². The Hall–Kier alpha value is -1.63. The zero-order valence-electron chi connectivity index (χ0n) is 10.7. The number of esters is 1. The number of thiazole rings is 1. The third kappa shape index (κ3) is 6.01. The predicted octanol–water partition coefficient (Wildman–Crippen LogP) is 0.182. The van der Waals surface area contributed by atoms with E-state index >= 15 is 0 Å². The summed E-state index contributed by atoms with van der Waals surface area (Å²) in [6, 6.07) is 0. The maximum atomic E-state index is 11.7. The number of carbonyl (C=O) groups excluding carboxylic acids is 1. The van der Waals surface area contributed by atoms with Crippen LogP contribution in [0.4, 0.5) is 5.13 Å². The Labute approximate surface area is 121 Å². The Kier molecular flexibility index (Phi) is 6.44. The monoisotopic (exact) mass is 318 g/mol. The molecule has 7 nitrogen and oxygen atoms in total. The van der Waals surface area contributed by atoms with E-state index < -0.39 is 16.0 Å². The maximum absolute atomic E-state index is 11.7. The van der Waals surface area contributed by atoms with E-state index in [1.165, 1.54) is 13.3 Å². The van der Waals surface area contributed by atoms with E-state index in [9.17, 15) is 13.2 Å². The summed E-state index contributed by atoms with van der Waals surface area (Å²) in [5, 5.41) is 8.74. The molecule has 0 unspecified atom stereocenters. The summed E-state index contributed by atoms with van der Waals surface area (Å²) in [4.78, 5) is 15.3. The number of sulfonamides is 1. The lowest BCUT2D eigenvalue weighted by Gasteiger charge is -2.04. The Morgan fingerprint density at radius 2 is 2.35 bits per heavy atom. The minimum absolute atomic E-state index is 0.0442. The first-order valence-electron chi connectivity index (χ1n) is 5.59. The van der Waals surface area contributed by atoms with Crippen molar-refractivity contribution in [2.24, 2.45) is 0 Å². The summed E-state index contributed by atoms with van der Waals surface area (Å²) in [5.74, 6) is 4.42. The fraction of sp³-hybridized carbons (Fsp3) is 0.455. The lowest BCUT2D eigenvalue weighted by Crippen LogP contribution is -2.17. The molecular formula is C11H14N2O5S2. The van der Waals surface area contributed by atoms with Crippen LogP contribution in [0.5, 0.6) is 0 Å². The van der Waals surface area contributed by atoms with Crippen LogP contribution in [0.2, 0.25) is 0 Å². The molecule has 0 atom stereocenters. The van der Waals surface area contributed by atoms with Crippen molar-refractivity contribution in [3.8, 4) is 11.8 Å². The van der Waals surface area contributed by atoms with E-state index in [0.29, 0.717) is 4.88 Å². The smallest absolute Gasteiger partial charge is 0.305 e. The fourth-order valence-electron chi connectivity index (χ4n) is 1.20. The van der Waals surface area contributed by atoms with Gasteiger partial charge in [0.2, 0.25) is 10.0 Å². The highest BCUT2D eigenvalue weighted by Gasteiger charge is 2.13. The first-order chi connectivity index (χ1) is 9.46. The van der Waals surface area contributed by atoms with Gasteiger partial charge >= 0.3 is 5.97 Å². The van der Waals surface area contributed by atoms with Gasteiger partial charge in [0.25, 0.3) is 0 Å². The van der Waals surface area contributed by atoms with Crippen LogP contribution in [0, 0.1) is 11.8 Å². The van der Waals surface area contributed by atoms with Gasteiger partial charge in [0.05, 0.1) is 23.9 Å². The van der Waals surface area contributed by atoms with Gasteiger partial charge in [0.15, 0.2) is 5.13 Å². The van der Waals surface area contributed by atoms with Gasteiger partial charge in [-0.05, 0) is 6.42 Å². The molecule has 9 heteroatoms.